The Hall–Kier alpha value is -4.07. The lowest BCUT2D eigenvalue weighted by Gasteiger charge is -2.19. The Balaban J connectivity index is 1.81. The summed E-state index contributed by atoms with van der Waals surface area (Å²) in [6.45, 7) is 0. The van der Waals surface area contributed by atoms with Gasteiger partial charge in [-0.05, 0) is 24.3 Å². The van der Waals surface area contributed by atoms with Gasteiger partial charge in [0.2, 0.25) is 11.6 Å². The zero-order valence-corrected chi connectivity index (χ0v) is 15.0. The summed E-state index contributed by atoms with van der Waals surface area (Å²) in [4.78, 5) is 25.7. The number of anilines is 4. The summed E-state index contributed by atoms with van der Waals surface area (Å²) in [6.07, 6.45) is 2.99. The van der Waals surface area contributed by atoms with Crippen molar-refractivity contribution >= 4 is 39.6 Å². The molecule has 0 unspecified atom stereocenters. The molecule has 4 aromatic rings. The third-order valence-electron chi connectivity index (χ3n) is 4.33. The third kappa shape index (κ3) is 3.18. The molecule has 0 saturated carbocycles. The van der Waals surface area contributed by atoms with Gasteiger partial charge in [-0.2, -0.15) is 0 Å². The molecule has 0 saturated heterocycles. The smallest absolute Gasteiger partial charge is 0.332 e. The van der Waals surface area contributed by atoms with Crippen LogP contribution >= 0.6 is 0 Å². The second kappa shape index (κ2) is 7.28. The Morgan fingerprint density at radius 3 is 2.54 bits per heavy atom. The molecule has 0 bridgehead atoms. The van der Waals surface area contributed by atoms with Crippen molar-refractivity contribution in [1.29, 1.82) is 0 Å². The molecule has 0 aliphatic heterocycles. The van der Waals surface area contributed by atoms with Crippen LogP contribution in [0.3, 0.4) is 0 Å². The molecule has 2 heterocycles. The molecule has 2 aromatic carbocycles. The number of hydrogen-bond donors (Lipinski definition) is 1. The van der Waals surface area contributed by atoms with Crippen molar-refractivity contribution in [2.45, 2.75) is 0 Å². The molecule has 138 valence electrons. The highest BCUT2D eigenvalue weighted by molar-refractivity contribution is 5.93. The Kier molecular flexibility index (Phi) is 4.51. The average molecular weight is 372 g/mol. The molecule has 2 aromatic heterocycles. The molecule has 4 rings (SSSR count). The van der Waals surface area contributed by atoms with E-state index in [0.29, 0.717) is 11.2 Å². The molecule has 0 amide bonds. The van der Waals surface area contributed by atoms with Crippen molar-refractivity contribution in [3.8, 4) is 0 Å². The quantitative estimate of drug-likeness (QED) is 0.408. The van der Waals surface area contributed by atoms with Gasteiger partial charge in [0.25, 0.3) is 0 Å². The standard InChI is InChI=1S/C20H16N6O2/c1-25(15-9-3-2-4-10-15)20-18(26(27)28)19(22-13-23-20)24-16-11-5-7-14-8-6-12-21-17(14)16/h2-13H,1H3,(H,22,23,24). The minimum atomic E-state index is -0.477. The lowest BCUT2D eigenvalue weighted by Crippen LogP contribution is -2.15. The van der Waals surface area contributed by atoms with E-state index in [1.165, 1.54) is 6.33 Å². The number of aromatic nitrogens is 3. The van der Waals surface area contributed by atoms with Gasteiger partial charge >= 0.3 is 5.69 Å². The van der Waals surface area contributed by atoms with Gasteiger partial charge in [0, 0.05) is 24.3 Å². The van der Waals surface area contributed by atoms with Crippen LogP contribution in [-0.2, 0) is 0 Å². The molecule has 0 aliphatic carbocycles. The molecule has 28 heavy (non-hydrogen) atoms. The van der Waals surface area contributed by atoms with Crippen LogP contribution in [0.4, 0.5) is 28.7 Å². The van der Waals surface area contributed by atoms with E-state index in [1.54, 1.807) is 18.1 Å². The van der Waals surface area contributed by atoms with E-state index in [1.807, 2.05) is 60.7 Å². The van der Waals surface area contributed by atoms with Gasteiger partial charge in [0.1, 0.15) is 6.33 Å². The van der Waals surface area contributed by atoms with E-state index in [0.717, 1.165) is 11.1 Å². The fraction of sp³-hybridized carbons (Fsp3) is 0.0500. The van der Waals surface area contributed by atoms with Crippen LogP contribution in [-0.4, -0.2) is 26.9 Å². The van der Waals surface area contributed by atoms with Crippen LogP contribution in [0.5, 0.6) is 0 Å². The number of para-hydroxylation sites is 2. The van der Waals surface area contributed by atoms with Crippen LogP contribution in [0.2, 0.25) is 0 Å². The maximum atomic E-state index is 11.9. The number of nitrogens with zero attached hydrogens (tertiary/aromatic N) is 5. The first kappa shape index (κ1) is 17.3. The van der Waals surface area contributed by atoms with Gasteiger partial charge in [-0.1, -0.05) is 36.4 Å². The molecular formula is C20H16N6O2. The number of benzene rings is 2. The molecule has 0 fully saturated rings. The van der Waals surface area contributed by atoms with Gasteiger partial charge in [0.05, 0.1) is 16.1 Å². The third-order valence-corrected chi connectivity index (χ3v) is 4.33. The van der Waals surface area contributed by atoms with Crippen LogP contribution in [0.25, 0.3) is 10.9 Å². The number of pyridine rings is 1. The van der Waals surface area contributed by atoms with E-state index in [4.69, 9.17) is 0 Å². The van der Waals surface area contributed by atoms with Crippen LogP contribution in [0.15, 0.2) is 73.2 Å². The minimum absolute atomic E-state index is 0.107. The van der Waals surface area contributed by atoms with Crippen molar-refractivity contribution in [2.75, 3.05) is 17.3 Å². The van der Waals surface area contributed by atoms with Crippen LogP contribution in [0.1, 0.15) is 0 Å². The highest BCUT2D eigenvalue weighted by Crippen LogP contribution is 2.36. The Bertz CT molecular complexity index is 1140. The van der Waals surface area contributed by atoms with E-state index >= 15 is 0 Å². The SMILES string of the molecule is CN(c1ccccc1)c1ncnc(Nc2cccc3cccnc23)c1[N+](=O)[O-]. The van der Waals surface area contributed by atoms with Crippen LogP contribution < -0.4 is 10.2 Å². The Labute approximate surface area is 160 Å². The number of nitrogens with one attached hydrogen (secondary N) is 1. The number of rotatable bonds is 5. The summed E-state index contributed by atoms with van der Waals surface area (Å²) < 4.78 is 0. The normalized spacial score (nSPS) is 10.6. The molecule has 0 aliphatic rings. The number of hydrogen-bond acceptors (Lipinski definition) is 7. The summed E-state index contributed by atoms with van der Waals surface area (Å²) in [6, 6.07) is 18.7. The van der Waals surface area contributed by atoms with Gasteiger partial charge in [-0.15, -0.1) is 0 Å². The molecule has 1 N–H and O–H groups in total. The molecule has 0 radical (unpaired) electrons. The van der Waals surface area contributed by atoms with E-state index in [9.17, 15) is 10.1 Å². The van der Waals surface area contributed by atoms with Crippen molar-refractivity contribution in [3.63, 3.8) is 0 Å². The molecule has 0 spiro atoms. The maximum absolute atomic E-state index is 11.9. The van der Waals surface area contributed by atoms with E-state index in [-0.39, 0.29) is 17.3 Å². The molecule has 8 nitrogen and oxygen atoms in total. The fourth-order valence-electron chi connectivity index (χ4n) is 2.98. The van der Waals surface area contributed by atoms with Crippen molar-refractivity contribution < 1.29 is 4.92 Å². The first-order valence-corrected chi connectivity index (χ1v) is 8.54. The number of fused-ring (bicyclic) bond motifs is 1. The zero-order valence-electron chi connectivity index (χ0n) is 15.0. The first-order chi connectivity index (χ1) is 13.6. The fourth-order valence-corrected chi connectivity index (χ4v) is 2.98. The summed E-state index contributed by atoms with van der Waals surface area (Å²) in [5.74, 6) is 0.304. The van der Waals surface area contributed by atoms with Crippen molar-refractivity contribution in [1.82, 2.24) is 15.0 Å². The highest BCUT2D eigenvalue weighted by atomic mass is 16.6. The summed E-state index contributed by atoms with van der Waals surface area (Å²) in [7, 11) is 1.73. The average Bonchev–Trinajstić information content (AvgIpc) is 2.74. The van der Waals surface area contributed by atoms with Gasteiger partial charge in [0.15, 0.2) is 0 Å². The van der Waals surface area contributed by atoms with Gasteiger partial charge in [-0.3, -0.25) is 15.1 Å². The lowest BCUT2D eigenvalue weighted by molar-refractivity contribution is -0.383. The summed E-state index contributed by atoms with van der Waals surface area (Å²) in [5, 5.41) is 15.9. The number of nitro groups is 1. The van der Waals surface area contributed by atoms with Crippen molar-refractivity contribution in [3.05, 3.63) is 83.3 Å². The topological polar surface area (TPSA) is 97.1 Å². The largest absolute Gasteiger partial charge is 0.354 e. The van der Waals surface area contributed by atoms with E-state index < -0.39 is 4.92 Å². The lowest BCUT2D eigenvalue weighted by atomic mass is 10.2. The second-order valence-electron chi connectivity index (χ2n) is 6.05. The minimum Gasteiger partial charge on any atom is -0.332 e. The van der Waals surface area contributed by atoms with Gasteiger partial charge in [-0.25, -0.2) is 9.97 Å². The van der Waals surface area contributed by atoms with Crippen molar-refractivity contribution in [2.24, 2.45) is 0 Å². The van der Waals surface area contributed by atoms with E-state index in [2.05, 4.69) is 20.3 Å². The highest BCUT2D eigenvalue weighted by Gasteiger charge is 2.26. The molecular weight excluding hydrogens is 356 g/mol. The molecule has 0 atom stereocenters. The first-order valence-electron chi connectivity index (χ1n) is 8.54. The predicted octanol–water partition coefficient (Wildman–Crippen LogP) is 4.44. The summed E-state index contributed by atoms with van der Waals surface area (Å²) >= 11 is 0. The molecule has 8 heteroatoms. The Morgan fingerprint density at radius 1 is 0.964 bits per heavy atom. The van der Waals surface area contributed by atoms with Crippen LogP contribution in [0, 0.1) is 10.1 Å². The van der Waals surface area contributed by atoms with Gasteiger partial charge < -0.3 is 10.2 Å². The summed E-state index contributed by atoms with van der Waals surface area (Å²) in [5.41, 5.74) is 1.91. The second-order valence-corrected chi connectivity index (χ2v) is 6.05. The monoisotopic (exact) mass is 372 g/mol. The maximum Gasteiger partial charge on any atom is 0.354 e. The predicted molar refractivity (Wildman–Crippen MR) is 108 cm³/mol. The Morgan fingerprint density at radius 2 is 1.75 bits per heavy atom. The zero-order chi connectivity index (χ0) is 19.5.